The molecule has 0 unspecified atom stereocenters. The van der Waals surface area contributed by atoms with Crippen LogP contribution in [0.2, 0.25) is 5.02 Å². The van der Waals surface area contributed by atoms with E-state index < -0.39 is 31.0 Å². The fourth-order valence-corrected chi connectivity index (χ4v) is 4.30. The molecule has 0 saturated heterocycles. The van der Waals surface area contributed by atoms with Crippen molar-refractivity contribution < 1.29 is 22.7 Å². The van der Waals surface area contributed by atoms with Crippen molar-refractivity contribution in [2.75, 3.05) is 19.7 Å². The monoisotopic (exact) mass is 655 g/mol. The Labute approximate surface area is 268 Å². The summed E-state index contributed by atoms with van der Waals surface area (Å²) in [6, 6.07) is 5.00. The Bertz CT molecular complexity index is 1300. The SMILES string of the molecule is CC.C\C=C/C(Cl)=C\C(=C/CC)\N=C1\C=C(OCC)CC\C1=C(\N)CNC(=O)N(CCC(F)(F)F)C(=N)c1ccc(Cl)cc1. The van der Waals surface area contributed by atoms with E-state index in [2.05, 4.69) is 5.32 Å². The number of carbonyl (C=O) groups excluding carboxylic acids is 1. The van der Waals surface area contributed by atoms with Crippen molar-refractivity contribution in [3.8, 4) is 0 Å². The smallest absolute Gasteiger partial charge is 0.390 e. The molecule has 2 rings (SSSR count). The summed E-state index contributed by atoms with van der Waals surface area (Å²) in [7, 11) is 0. The molecule has 1 aromatic carbocycles. The van der Waals surface area contributed by atoms with E-state index in [9.17, 15) is 18.0 Å². The van der Waals surface area contributed by atoms with Gasteiger partial charge in [-0.25, -0.2) is 9.79 Å². The average molecular weight is 657 g/mol. The number of allylic oxidation sites excluding steroid dienone is 8. The van der Waals surface area contributed by atoms with Crippen LogP contribution < -0.4 is 11.1 Å². The number of rotatable bonds is 11. The molecule has 4 N–H and O–H groups in total. The molecule has 1 aliphatic carbocycles. The first-order valence-corrected chi connectivity index (χ1v) is 15.2. The van der Waals surface area contributed by atoms with Gasteiger partial charge in [0.1, 0.15) is 5.84 Å². The Hall–Kier alpha value is -3.50. The minimum atomic E-state index is -4.52. The van der Waals surface area contributed by atoms with Gasteiger partial charge in [0.25, 0.3) is 0 Å². The topological polar surface area (TPSA) is 104 Å². The van der Waals surface area contributed by atoms with Crippen LogP contribution in [0, 0.1) is 5.41 Å². The lowest BCUT2D eigenvalue weighted by Gasteiger charge is -2.25. The number of hydrogen-bond acceptors (Lipinski definition) is 5. The molecule has 44 heavy (non-hydrogen) atoms. The zero-order chi connectivity index (χ0) is 33.3. The Morgan fingerprint density at radius 3 is 2.43 bits per heavy atom. The lowest BCUT2D eigenvalue weighted by atomic mass is 9.95. The first-order valence-electron chi connectivity index (χ1n) is 14.4. The van der Waals surface area contributed by atoms with E-state index in [4.69, 9.17) is 44.1 Å². The molecule has 0 saturated carbocycles. The van der Waals surface area contributed by atoms with E-state index in [1.165, 1.54) is 24.3 Å². The molecule has 0 aromatic heterocycles. The van der Waals surface area contributed by atoms with Crippen molar-refractivity contribution in [2.45, 2.75) is 66.5 Å². The van der Waals surface area contributed by atoms with Crippen molar-refractivity contribution in [1.82, 2.24) is 10.2 Å². The molecule has 0 atom stereocenters. The molecule has 0 fully saturated rings. The summed E-state index contributed by atoms with van der Waals surface area (Å²) in [4.78, 5) is 18.6. The van der Waals surface area contributed by atoms with Gasteiger partial charge in [-0.1, -0.05) is 56.1 Å². The van der Waals surface area contributed by atoms with Crippen molar-refractivity contribution in [1.29, 1.82) is 5.41 Å². The largest absolute Gasteiger partial charge is 0.498 e. The molecule has 0 radical (unpaired) electrons. The maximum Gasteiger partial charge on any atom is 0.390 e. The van der Waals surface area contributed by atoms with Gasteiger partial charge in [-0.15, -0.1) is 0 Å². The van der Waals surface area contributed by atoms with Gasteiger partial charge in [-0.3, -0.25) is 10.3 Å². The third-order valence-corrected chi connectivity index (χ3v) is 6.39. The van der Waals surface area contributed by atoms with Crippen LogP contribution in [0.1, 0.15) is 65.9 Å². The minimum absolute atomic E-state index is 0.177. The lowest BCUT2D eigenvalue weighted by Crippen LogP contribution is -2.46. The molecule has 0 aliphatic heterocycles. The average Bonchev–Trinajstić information content (AvgIpc) is 2.97. The number of amides is 2. The van der Waals surface area contributed by atoms with Gasteiger partial charge in [0, 0.05) is 40.4 Å². The van der Waals surface area contributed by atoms with Crippen LogP contribution in [0.3, 0.4) is 0 Å². The molecule has 7 nitrogen and oxygen atoms in total. The van der Waals surface area contributed by atoms with Crippen molar-refractivity contribution in [2.24, 2.45) is 10.7 Å². The maximum absolute atomic E-state index is 13.1. The highest BCUT2D eigenvalue weighted by atomic mass is 35.5. The van der Waals surface area contributed by atoms with Gasteiger partial charge >= 0.3 is 12.2 Å². The summed E-state index contributed by atoms with van der Waals surface area (Å²) in [5, 5.41) is 11.9. The number of hydrogen-bond donors (Lipinski definition) is 3. The number of nitrogens with two attached hydrogens (primary N) is 1. The molecular formula is C32H42Cl2F3N5O2. The number of benzene rings is 1. The number of amidine groups is 1. The van der Waals surface area contributed by atoms with E-state index in [0.29, 0.717) is 52.9 Å². The highest BCUT2D eigenvalue weighted by molar-refractivity contribution is 6.31. The number of aliphatic imine (C=N–C) groups is 1. The van der Waals surface area contributed by atoms with Crippen LogP contribution in [0.25, 0.3) is 0 Å². The van der Waals surface area contributed by atoms with Crippen molar-refractivity contribution >= 4 is 40.8 Å². The van der Waals surface area contributed by atoms with E-state index >= 15 is 0 Å². The zero-order valence-electron chi connectivity index (χ0n) is 25.8. The molecule has 0 spiro atoms. The normalized spacial score (nSPS) is 16.2. The highest BCUT2D eigenvalue weighted by Crippen LogP contribution is 2.26. The molecule has 1 aromatic rings. The van der Waals surface area contributed by atoms with Gasteiger partial charge < -0.3 is 15.8 Å². The summed E-state index contributed by atoms with van der Waals surface area (Å²) >= 11 is 12.2. The molecule has 2 amide bonds. The number of urea groups is 1. The predicted octanol–water partition coefficient (Wildman–Crippen LogP) is 9.02. The molecular weight excluding hydrogens is 614 g/mol. The van der Waals surface area contributed by atoms with Crippen LogP contribution in [-0.2, 0) is 4.74 Å². The number of ether oxygens (including phenoxy) is 1. The van der Waals surface area contributed by atoms with E-state index in [0.717, 1.165) is 10.7 Å². The maximum atomic E-state index is 13.1. The van der Waals surface area contributed by atoms with Gasteiger partial charge in [0.05, 0.1) is 36.7 Å². The number of nitrogens with zero attached hydrogens (tertiary/aromatic N) is 2. The van der Waals surface area contributed by atoms with Crippen LogP contribution in [0.5, 0.6) is 0 Å². The fourth-order valence-electron chi connectivity index (χ4n) is 3.94. The summed E-state index contributed by atoms with van der Waals surface area (Å²) in [5.41, 5.74) is 8.73. The van der Waals surface area contributed by atoms with E-state index in [1.54, 1.807) is 24.3 Å². The fraction of sp³-hybridized carbons (Fsp3) is 0.406. The summed E-state index contributed by atoms with van der Waals surface area (Å²) in [5.74, 6) is 0.328. The Balaban J connectivity index is 0.00000474. The summed E-state index contributed by atoms with van der Waals surface area (Å²) < 4.78 is 44.8. The second-order valence-electron chi connectivity index (χ2n) is 9.14. The Morgan fingerprint density at radius 1 is 1.20 bits per heavy atom. The number of carbonyl (C=O) groups is 1. The van der Waals surface area contributed by atoms with Crippen LogP contribution in [-0.4, -0.2) is 48.4 Å². The summed E-state index contributed by atoms with van der Waals surface area (Å²) in [6.45, 7) is 9.24. The second kappa shape index (κ2) is 19.7. The lowest BCUT2D eigenvalue weighted by molar-refractivity contribution is -0.135. The van der Waals surface area contributed by atoms with Crippen LogP contribution in [0.15, 0.2) is 87.4 Å². The van der Waals surface area contributed by atoms with Crippen LogP contribution >= 0.6 is 23.2 Å². The Morgan fingerprint density at radius 2 is 1.86 bits per heavy atom. The molecule has 0 bridgehead atoms. The van der Waals surface area contributed by atoms with Gasteiger partial charge in [0.15, 0.2) is 0 Å². The first kappa shape index (κ1) is 38.5. The van der Waals surface area contributed by atoms with E-state index in [1.807, 2.05) is 40.7 Å². The number of alkyl halides is 3. The molecule has 242 valence electrons. The first-order chi connectivity index (χ1) is 20.9. The summed E-state index contributed by atoms with van der Waals surface area (Å²) in [6.07, 6.45) is 4.85. The molecule has 0 heterocycles. The second-order valence-corrected chi connectivity index (χ2v) is 10.0. The third kappa shape index (κ3) is 13.4. The van der Waals surface area contributed by atoms with Crippen molar-refractivity contribution in [3.05, 3.63) is 93.0 Å². The van der Waals surface area contributed by atoms with Gasteiger partial charge in [-0.2, -0.15) is 13.2 Å². The predicted molar refractivity (Wildman–Crippen MR) is 175 cm³/mol. The molecule has 12 heteroatoms. The minimum Gasteiger partial charge on any atom is -0.498 e. The highest BCUT2D eigenvalue weighted by Gasteiger charge is 2.31. The quantitative estimate of drug-likeness (QED) is 0.126. The third-order valence-electron chi connectivity index (χ3n) is 5.90. The van der Waals surface area contributed by atoms with Crippen molar-refractivity contribution in [3.63, 3.8) is 0 Å². The van der Waals surface area contributed by atoms with Gasteiger partial charge in [0.2, 0.25) is 0 Å². The van der Waals surface area contributed by atoms with Crippen LogP contribution in [0.4, 0.5) is 18.0 Å². The standard InChI is InChI=1S/C30H36Cl2F3N5O2.C2H6/c1-4-7-22(32)17-23(8-5-2)39-27-18-24(42-6-3)13-14-25(27)26(36)19-38-29(41)40(16-15-30(33,34)35)28(37)20-9-11-21(31)12-10-20;1-2/h4,7-12,17-18,37H,5-6,13-16,19,36H2,1-3H3,(H,38,41);1-2H3/b7-4-,22-17+,23-8+,26-25-,37-28?,39-27-;. The zero-order valence-corrected chi connectivity index (χ0v) is 27.3. The van der Waals surface area contributed by atoms with Gasteiger partial charge in [-0.05, 0) is 68.7 Å². The molecule has 1 aliphatic rings. The van der Waals surface area contributed by atoms with E-state index in [-0.39, 0.29) is 17.8 Å². The number of halogens is 5. The Kier molecular flexibility index (Phi) is 17.3. The number of nitrogens with one attached hydrogen (secondary N) is 2.